The Balaban J connectivity index is 3.27. The van der Waals surface area contributed by atoms with Crippen LogP contribution >= 0.6 is 12.6 Å². The molecule has 0 aliphatic carbocycles. The highest BCUT2D eigenvalue weighted by Crippen LogP contribution is 1.92. The van der Waals surface area contributed by atoms with E-state index in [-0.39, 0.29) is 5.50 Å². The Morgan fingerprint density at radius 2 is 2.00 bits per heavy atom. The summed E-state index contributed by atoms with van der Waals surface area (Å²) in [5, 5.41) is 6.45. The first-order valence-corrected chi connectivity index (χ1v) is 4.39. The van der Waals surface area contributed by atoms with Gasteiger partial charge in [0.15, 0.2) is 0 Å². The molecule has 0 heterocycles. The highest BCUT2D eigenvalue weighted by atomic mass is 32.1. The molecule has 2 N–H and O–H groups in total. The fourth-order valence-corrected chi connectivity index (χ4v) is 1.08. The number of rotatable bonds is 5. The van der Waals surface area contributed by atoms with Crippen molar-refractivity contribution in [3.05, 3.63) is 0 Å². The summed E-state index contributed by atoms with van der Waals surface area (Å²) in [4.78, 5) is 0. The first-order valence-electron chi connectivity index (χ1n) is 3.88. The van der Waals surface area contributed by atoms with Gasteiger partial charge in [0.05, 0.1) is 0 Å². The normalized spacial score (nSPS) is 16.8. The van der Waals surface area contributed by atoms with E-state index in [1.165, 1.54) is 0 Å². The molecule has 2 unspecified atom stereocenters. The molecular formula is C7H18N2S. The van der Waals surface area contributed by atoms with Gasteiger partial charge in [-0.15, -0.1) is 12.6 Å². The predicted octanol–water partition coefficient (Wildman–Crippen LogP) is 1.20. The van der Waals surface area contributed by atoms with Crippen LogP contribution < -0.4 is 10.6 Å². The lowest BCUT2D eigenvalue weighted by Gasteiger charge is -2.18. The Morgan fingerprint density at radius 3 is 2.40 bits per heavy atom. The second-order valence-corrected chi connectivity index (χ2v) is 2.95. The van der Waals surface area contributed by atoms with Crippen molar-refractivity contribution < 1.29 is 0 Å². The summed E-state index contributed by atoms with van der Waals surface area (Å²) in [6.45, 7) is 7.34. The van der Waals surface area contributed by atoms with Crippen LogP contribution in [0.4, 0.5) is 0 Å². The number of hydrogen-bond donors (Lipinski definition) is 3. The zero-order chi connectivity index (χ0) is 7.98. The zero-order valence-corrected chi connectivity index (χ0v) is 7.91. The Labute approximate surface area is 69.2 Å². The lowest BCUT2D eigenvalue weighted by Crippen LogP contribution is -2.42. The molecule has 0 fully saturated rings. The van der Waals surface area contributed by atoms with Crippen molar-refractivity contribution in [2.24, 2.45) is 0 Å². The van der Waals surface area contributed by atoms with Crippen molar-refractivity contribution in [2.75, 3.05) is 6.54 Å². The average molecular weight is 162 g/mol. The second-order valence-electron chi connectivity index (χ2n) is 2.44. The largest absolute Gasteiger partial charge is 0.294 e. The first-order chi connectivity index (χ1) is 4.70. The van der Waals surface area contributed by atoms with Crippen LogP contribution in [0.3, 0.4) is 0 Å². The molecule has 0 aliphatic heterocycles. The molecule has 0 rings (SSSR count). The van der Waals surface area contributed by atoms with Crippen LogP contribution in [0.1, 0.15) is 27.2 Å². The zero-order valence-electron chi connectivity index (χ0n) is 7.02. The lowest BCUT2D eigenvalue weighted by molar-refractivity contribution is 0.473. The molecule has 0 spiro atoms. The van der Waals surface area contributed by atoms with E-state index in [4.69, 9.17) is 0 Å². The Kier molecular flexibility index (Phi) is 6.17. The number of nitrogens with one attached hydrogen (secondary N) is 2. The molecule has 10 heavy (non-hydrogen) atoms. The Hall–Kier alpha value is 0.270. The minimum Gasteiger partial charge on any atom is -0.294 e. The van der Waals surface area contributed by atoms with Crippen LogP contribution in [0.15, 0.2) is 0 Å². The summed E-state index contributed by atoms with van der Waals surface area (Å²) < 4.78 is 0. The van der Waals surface area contributed by atoms with E-state index in [9.17, 15) is 0 Å². The molecule has 0 radical (unpaired) electrons. The smallest absolute Gasteiger partial charge is 0.103 e. The molecule has 0 aliphatic rings. The van der Waals surface area contributed by atoms with Crippen molar-refractivity contribution in [3.63, 3.8) is 0 Å². The first kappa shape index (κ1) is 10.3. The van der Waals surface area contributed by atoms with Gasteiger partial charge in [-0.05, 0) is 19.9 Å². The highest BCUT2D eigenvalue weighted by Gasteiger charge is 2.02. The van der Waals surface area contributed by atoms with Crippen molar-refractivity contribution in [2.45, 2.75) is 38.7 Å². The molecule has 0 amide bonds. The minimum absolute atomic E-state index is 0.139. The molecule has 0 aromatic heterocycles. The summed E-state index contributed by atoms with van der Waals surface area (Å²) in [5.74, 6) is 0. The fourth-order valence-electron chi connectivity index (χ4n) is 0.640. The molecule has 0 aromatic rings. The standard InChI is InChI=1S/C7H18N2S/c1-4-6(3)9-7(10)8-5-2/h6-10H,4-5H2,1-3H3. The van der Waals surface area contributed by atoms with E-state index < -0.39 is 0 Å². The van der Waals surface area contributed by atoms with Gasteiger partial charge in [-0.2, -0.15) is 0 Å². The van der Waals surface area contributed by atoms with Crippen LogP contribution in [0, 0.1) is 0 Å². The molecule has 3 heteroatoms. The van der Waals surface area contributed by atoms with Gasteiger partial charge in [0.1, 0.15) is 5.50 Å². The van der Waals surface area contributed by atoms with Crippen LogP contribution in [0.5, 0.6) is 0 Å². The molecule has 0 bridgehead atoms. The molecule has 2 atom stereocenters. The summed E-state index contributed by atoms with van der Waals surface area (Å²) in [6, 6.07) is 0.543. The minimum atomic E-state index is 0.139. The quantitative estimate of drug-likeness (QED) is 0.418. The van der Waals surface area contributed by atoms with Gasteiger partial charge in [-0.3, -0.25) is 10.6 Å². The van der Waals surface area contributed by atoms with E-state index in [2.05, 4.69) is 44.0 Å². The molecule has 0 saturated carbocycles. The maximum absolute atomic E-state index is 4.28. The molecule has 62 valence electrons. The third kappa shape index (κ3) is 5.09. The summed E-state index contributed by atoms with van der Waals surface area (Å²) in [7, 11) is 0. The SMILES string of the molecule is CCNC(S)NC(C)CC. The topological polar surface area (TPSA) is 24.1 Å². The molecule has 0 saturated heterocycles. The summed E-state index contributed by atoms with van der Waals surface area (Å²) >= 11 is 4.28. The van der Waals surface area contributed by atoms with Gasteiger partial charge in [0.25, 0.3) is 0 Å². The van der Waals surface area contributed by atoms with Gasteiger partial charge in [-0.25, -0.2) is 0 Å². The van der Waals surface area contributed by atoms with Crippen LogP contribution in [-0.2, 0) is 0 Å². The summed E-state index contributed by atoms with van der Waals surface area (Å²) in [5.41, 5.74) is 0.139. The van der Waals surface area contributed by atoms with Crippen molar-refractivity contribution in [1.29, 1.82) is 0 Å². The Bertz CT molecular complexity index is 78.0. The van der Waals surface area contributed by atoms with Gasteiger partial charge < -0.3 is 0 Å². The van der Waals surface area contributed by atoms with Gasteiger partial charge >= 0.3 is 0 Å². The van der Waals surface area contributed by atoms with E-state index in [1.807, 2.05) is 0 Å². The van der Waals surface area contributed by atoms with Gasteiger partial charge in [0, 0.05) is 6.04 Å². The molecule has 0 aromatic carbocycles. The third-order valence-corrected chi connectivity index (χ3v) is 1.78. The van der Waals surface area contributed by atoms with Crippen molar-refractivity contribution >= 4 is 12.6 Å². The van der Waals surface area contributed by atoms with Crippen molar-refractivity contribution in [1.82, 2.24) is 10.6 Å². The average Bonchev–Trinajstić information content (AvgIpc) is 1.88. The van der Waals surface area contributed by atoms with Crippen LogP contribution in [0.25, 0.3) is 0 Å². The molecular weight excluding hydrogens is 144 g/mol. The van der Waals surface area contributed by atoms with Crippen LogP contribution in [-0.4, -0.2) is 18.1 Å². The summed E-state index contributed by atoms with van der Waals surface area (Å²) in [6.07, 6.45) is 1.14. The molecule has 2 nitrogen and oxygen atoms in total. The third-order valence-electron chi connectivity index (χ3n) is 1.45. The van der Waals surface area contributed by atoms with E-state index in [1.54, 1.807) is 0 Å². The van der Waals surface area contributed by atoms with E-state index >= 15 is 0 Å². The van der Waals surface area contributed by atoms with Crippen molar-refractivity contribution in [3.8, 4) is 0 Å². The highest BCUT2D eigenvalue weighted by molar-refractivity contribution is 7.80. The second kappa shape index (κ2) is 6.01. The van der Waals surface area contributed by atoms with Crippen LogP contribution in [0.2, 0.25) is 0 Å². The number of hydrogen-bond acceptors (Lipinski definition) is 3. The van der Waals surface area contributed by atoms with Gasteiger partial charge in [0.2, 0.25) is 0 Å². The Morgan fingerprint density at radius 1 is 1.40 bits per heavy atom. The number of thiol groups is 1. The fraction of sp³-hybridized carbons (Fsp3) is 1.00. The van der Waals surface area contributed by atoms with Gasteiger partial charge in [-0.1, -0.05) is 13.8 Å². The maximum Gasteiger partial charge on any atom is 0.103 e. The van der Waals surface area contributed by atoms with E-state index in [0.29, 0.717) is 6.04 Å². The monoisotopic (exact) mass is 162 g/mol. The predicted molar refractivity (Wildman–Crippen MR) is 49.3 cm³/mol. The van der Waals surface area contributed by atoms with E-state index in [0.717, 1.165) is 13.0 Å². The maximum atomic E-state index is 4.28. The lowest BCUT2D eigenvalue weighted by atomic mass is 10.3.